The first-order chi connectivity index (χ1) is 12.7. The Morgan fingerprint density at radius 2 is 1.81 bits per heavy atom. The van der Waals surface area contributed by atoms with Gasteiger partial charge in [-0.05, 0) is 29.7 Å². The fourth-order valence-electron chi connectivity index (χ4n) is 3.31. The van der Waals surface area contributed by atoms with Gasteiger partial charge in [-0.25, -0.2) is 0 Å². The lowest BCUT2D eigenvalue weighted by molar-refractivity contribution is -0.149. The quantitative estimate of drug-likeness (QED) is 0.830. The molecule has 0 aliphatic carbocycles. The van der Waals surface area contributed by atoms with Crippen LogP contribution in [0.25, 0.3) is 0 Å². The Bertz CT molecular complexity index is 702. The Hall–Kier alpha value is -2.37. The molecular formula is C21H25NO4. The summed E-state index contributed by atoms with van der Waals surface area (Å²) in [5.74, 6) is 0.834. The number of methoxy groups -OCH3 is 1. The molecule has 2 aromatic carbocycles. The van der Waals surface area contributed by atoms with Gasteiger partial charge in [0.15, 0.2) is 0 Å². The average Bonchev–Trinajstić information content (AvgIpc) is 2.69. The summed E-state index contributed by atoms with van der Waals surface area (Å²) in [5, 5.41) is 9.91. The van der Waals surface area contributed by atoms with Gasteiger partial charge in [-0.15, -0.1) is 0 Å². The molecule has 2 aromatic rings. The van der Waals surface area contributed by atoms with Crippen molar-refractivity contribution in [2.75, 3.05) is 13.7 Å². The van der Waals surface area contributed by atoms with E-state index in [1.54, 1.807) is 12.0 Å². The zero-order valence-corrected chi connectivity index (χ0v) is 15.0. The van der Waals surface area contributed by atoms with Crippen LogP contribution in [0.15, 0.2) is 54.6 Å². The minimum Gasteiger partial charge on any atom is -0.497 e. The van der Waals surface area contributed by atoms with E-state index in [0.29, 0.717) is 26.0 Å². The van der Waals surface area contributed by atoms with Crippen molar-refractivity contribution in [1.82, 2.24) is 4.90 Å². The molecule has 1 fully saturated rings. The van der Waals surface area contributed by atoms with Crippen molar-refractivity contribution < 1.29 is 19.4 Å². The summed E-state index contributed by atoms with van der Waals surface area (Å²) in [6, 6.07) is 17.2. The molecule has 1 aliphatic heterocycles. The van der Waals surface area contributed by atoms with Crippen molar-refractivity contribution in [2.45, 2.75) is 38.1 Å². The first-order valence-corrected chi connectivity index (χ1v) is 8.90. The van der Waals surface area contributed by atoms with Crippen LogP contribution in [-0.2, 0) is 22.7 Å². The van der Waals surface area contributed by atoms with Crippen molar-refractivity contribution in [3.63, 3.8) is 0 Å². The van der Waals surface area contributed by atoms with Crippen LogP contribution in [0, 0.1) is 0 Å². The number of ether oxygens (including phenoxy) is 2. The number of hydrogen-bond donors (Lipinski definition) is 1. The second-order valence-corrected chi connectivity index (χ2v) is 6.49. The van der Waals surface area contributed by atoms with Gasteiger partial charge < -0.3 is 19.5 Å². The van der Waals surface area contributed by atoms with Crippen LogP contribution in [0.1, 0.15) is 24.0 Å². The van der Waals surface area contributed by atoms with Crippen molar-refractivity contribution in [3.8, 4) is 5.75 Å². The molecule has 5 heteroatoms. The maximum absolute atomic E-state index is 12.4. The Labute approximate surface area is 154 Å². The summed E-state index contributed by atoms with van der Waals surface area (Å²) < 4.78 is 11.2. The predicted molar refractivity (Wildman–Crippen MR) is 98.7 cm³/mol. The van der Waals surface area contributed by atoms with Gasteiger partial charge in [-0.3, -0.25) is 4.79 Å². The number of aliphatic hydroxyl groups is 1. The van der Waals surface area contributed by atoms with Crippen LogP contribution < -0.4 is 4.74 Å². The Morgan fingerprint density at radius 3 is 2.46 bits per heavy atom. The third-order valence-electron chi connectivity index (χ3n) is 4.80. The first kappa shape index (κ1) is 18.4. The number of nitrogens with zero attached hydrogens (tertiary/aromatic N) is 1. The molecule has 0 saturated carbocycles. The van der Waals surface area contributed by atoms with Crippen molar-refractivity contribution >= 4 is 5.91 Å². The SMILES string of the molecule is COc1ccc(CN2C(=O)CC[C@@H](OCc3ccccc3)[C@H]2CO)cc1. The number of benzene rings is 2. The highest BCUT2D eigenvalue weighted by atomic mass is 16.5. The fraction of sp³-hybridized carbons (Fsp3) is 0.381. The van der Waals surface area contributed by atoms with Gasteiger partial charge in [-0.2, -0.15) is 0 Å². The van der Waals surface area contributed by atoms with Crippen LogP contribution in [0.5, 0.6) is 5.75 Å². The number of carbonyl (C=O) groups is 1. The van der Waals surface area contributed by atoms with Gasteiger partial charge in [0.25, 0.3) is 0 Å². The lowest BCUT2D eigenvalue weighted by atomic mass is 9.97. The van der Waals surface area contributed by atoms with Gasteiger partial charge in [0.2, 0.25) is 5.91 Å². The maximum Gasteiger partial charge on any atom is 0.223 e. The van der Waals surface area contributed by atoms with E-state index in [1.807, 2.05) is 54.6 Å². The summed E-state index contributed by atoms with van der Waals surface area (Å²) >= 11 is 0. The van der Waals surface area contributed by atoms with E-state index in [1.165, 1.54) is 0 Å². The Morgan fingerprint density at radius 1 is 1.08 bits per heavy atom. The fourth-order valence-corrected chi connectivity index (χ4v) is 3.31. The van der Waals surface area contributed by atoms with Crippen molar-refractivity contribution in [2.24, 2.45) is 0 Å². The lowest BCUT2D eigenvalue weighted by Gasteiger charge is -2.40. The molecule has 3 rings (SSSR count). The largest absolute Gasteiger partial charge is 0.497 e. The Kier molecular flexibility index (Phi) is 6.26. The van der Waals surface area contributed by atoms with Gasteiger partial charge in [-0.1, -0.05) is 42.5 Å². The minimum atomic E-state index is -0.331. The van der Waals surface area contributed by atoms with E-state index in [0.717, 1.165) is 16.9 Å². The van der Waals surface area contributed by atoms with Crippen molar-refractivity contribution in [1.29, 1.82) is 0 Å². The maximum atomic E-state index is 12.4. The average molecular weight is 355 g/mol. The van der Waals surface area contributed by atoms with E-state index < -0.39 is 0 Å². The molecule has 1 aliphatic rings. The highest BCUT2D eigenvalue weighted by Crippen LogP contribution is 2.25. The molecule has 0 radical (unpaired) electrons. The highest BCUT2D eigenvalue weighted by Gasteiger charge is 2.36. The number of rotatable bonds is 7. The molecule has 0 spiro atoms. The topological polar surface area (TPSA) is 59.0 Å². The molecule has 5 nitrogen and oxygen atoms in total. The number of likely N-dealkylation sites (tertiary alicyclic amines) is 1. The zero-order valence-electron chi connectivity index (χ0n) is 15.0. The van der Waals surface area contributed by atoms with Gasteiger partial charge in [0.1, 0.15) is 5.75 Å². The Balaban J connectivity index is 1.67. The number of amides is 1. The highest BCUT2D eigenvalue weighted by molar-refractivity contribution is 5.77. The normalized spacial score (nSPS) is 20.2. The number of hydrogen-bond acceptors (Lipinski definition) is 4. The molecule has 138 valence electrons. The van der Waals surface area contributed by atoms with Crippen LogP contribution in [0.4, 0.5) is 0 Å². The smallest absolute Gasteiger partial charge is 0.223 e. The lowest BCUT2D eigenvalue weighted by Crippen LogP contribution is -2.53. The molecule has 1 amide bonds. The van der Waals surface area contributed by atoms with E-state index in [2.05, 4.69) is 0 Å². The van der Waals surface area contributed by atoms with Crippen molar-refractivity contribution in [3.05, 3.63) is 65.7 Å². The third kappa shape index (κ3) is 4.42. The van der Waals surface area contributed by atoms with E-state index in [9.17, 15) is 9.90 Å². The van der Waals surface area contributed by atoms with Gasteiger partial charge in [0, 0.05) is 13.0 Å². The second-order valence-electron chi connectivity index (χ2n) is 6.49. The summed E-state index contributed by atoms with van der Waals surface area (Å²) in [7, 11) is 1.62. The van der Waals surface area contributed by atoms with E-state index in [-0.39, 0.29) is 24.7 Å². The first-order valence-electron chi connectivity index (χ1n) is 8.90. The van der Waals surface area contributed by atoms with Crippen LogP contribution in [0.3, 0.4) is 0 Å². The number of aliphatic hydroxyl groups excluding tert-OH is 1. The van der Waals surface area contributed by atoms with E-state index in [4.69, 9.17) is 9.47 Å². The standard InChI is InChI=1S/C21H25NO4/c1-25-18-9-7-16(8-10-18)13-22-19(14-23)20(11-12-21(22)24)26-15-17-5-3-2-4-6-17/h2-10,19-20,23H,11-15H2,1H3/t19-,20-/m1/s1. The number of carbonyl (C=O) groups excluding carboxylic acids is 1. The van der Waals surface area contributed by atoms with Gasteiger partial charge >= 0.3 is 0 Å². The number of piperidine rings is 1. The molecule has 1 N–H and O–H groups in total. The summed E-state index contributed by atoms with van der Waals surface area (Å²) in [5.41, 5.74) is 2.09. The molecule has 0 unspecified atom stereocenters. The molecule has 1 saturated heterocycles. The molecule has 1 heterocycles. The van der Waals surface area contributed by atoms with Crippen LogP contribution in [-0.4, -0.2) is 41.8 Å². The summed E-state index contributed by atoms with van der Waals surface area (Å²) in [6.45, 7) is 0.827. The third-order valence-corrected chi connectivity index (χ3v) is 4.80. The predicted octanol–water partition coefficient (Wildman–Crippen LogP) is 2.76. The van der Waals surface area contributed by atoms with E-state index >= 15 is 0 Å². The van der Waals surface area contributed by atoms with Crippen LogP contribution >= 0.6 is 0 Å². The molecular weight excluding hydrogens is 330 g/mol. The monoisotopic (exact) mass is 355 g/mol. The molecule has 0 aromatic heterocycles. The minimum absolute atomic E-state index is 0.0550. The second kappa shape index (κ2) is 8.83. The van der Waals surface area contributed by atoms with Gasteiger partial charge in [0.05, 0.1) is 32.5 Å². The summed E-state index contributed by atoms with van der Waals surface area (Å²) in [6.07, 6.45) is 0.901. The zero-order chi connectivity index (χ0) is 18.4. The molecule has 26 heavy (non-hydrogen) atoms. The van der Waals surface area contributed by atoms with Crippen LogP contribution in [0.2, 0.25) is 0 Å². The summed E-state index contributed by atoms with van der Waals surface area (Å²) in [4.78, 5) is 14.2. The molecule has 0 bridgehead atoms. The molecule has 2 atom stereocenters.